The van der Waals surface area contributed by atoms with E-state index in [9.17, 15) is 9.59 Å². The van der Waals surface area contributed by atoms with Crippen molar-refractivity contribution in [3.05, 3.63) is 93.3 Å². The molecule has 0 aliphatic carbocycles. The molecular weight excluding hydrogens is 472 g/mol. The Morgan fingerprint density at radius 2 is 1.97 bits per heavy atom. The van der Waals surface area contributed by atoms with Gasteiger partial charge in [-0.15, -0.1) is 0 Å². The maximum Gasteiger partial charge on any atom is 0.347 e. The summed E-state index contributed by atoms with van der Waals surface area (Å²) in [5.74, 6) is 0.576. The highest BCUT2D eigenvalue weighted by Crippen LogP contribution is 2.25. The molecule has 1 N–H and O–H groups in total. The van der Waals surface area contributed by atoms with Gasteiger partial charge in [0.2, 0.25) is 11.8 Å². The molecular formula is C25H19BrN2O4. The Kier molecular flexibility index (Phi) is 6.47. The molecule has 0 atom stereocenters. The number of para-hydroxylation sites is 1. The Morgan fingerprint density at radius 3 is 2.81 bits per heavy atom. The highest BCUT2D eigenvalue weighted by Gasteiger charge is 2.09. The van der Waals surface area contributed by atoms with Gasteiger partial charge in [-0.3, -0.25) is 4.79 Å². The van der Waals surface area contributed by atoms with Crippen molar-refractivity contribution >= 4 is 44.5 Å². The first-order valence-electron chi connectivity index (χ1n) is 9.95. The predicted molar refractivity (Wildman–Crippen MR) is 129 cm³/mol. The minimum atomic E-state index is -0.456. The van der Waals surface area contributed by atoms with Crippen LogP contribution < -0.4 is 15.7 Å². The predicted octanol–water partition coefficient (Wildman–Crippen LogP) is 5.67. The van der Waals surface area contributed by atoms with Crippen LogP contribution in [0.2, 0.25) is 0 Å². The summed E-state index contributed by atoms with van der Waals surface area (Å²) in [6, 6.07) is 19.6. The Labute approximate surface area is 192 Å². The number of aromatic nitrogens is 1. The standard InChI is InChI=1S/C25H19BrN2O4/c1-2-31-22-12-11-18(26)14-16(22)10-13-23(29)27-19-7-5-6-17(15-19)24-28-21-9-4-3-8-20(21)25(30)32-24/h3-15H,2H2,1H3,(H,27,29)/b13-10+. The van der Waals surface area contributed by atoms with Gasteiger partial charge in [0.1, 0.15) is 5.75 Å². The number of carbonyl (C=O) groups is 1. The van der Waals surface area contributed by atoms with Crippen LogP contribution in [-0.4, -0.2) is 17.5 Å². The molecule has 32 heavy (non-hydrogen) atoms. The van der Waals surface area contributed by atoms with Crippen molar-refractivity contribution < 1.29 is 13.9 Å². The molecule has 0 saturated carbocycles. The summed E-state index contributed by atoms with van der Waals surface area (Å²) in [4.78, 5) is 29.2. The number of hydrogen-bond acceptors (Lipinski definition) is 5. The maximum absolute atomic E-state index is 12.5. The lowest BCUT2D eigenvalue weighted by Crippen LogP contribution is -2.08. The van der Waals surface area contributed by atoms with Gasteiger partial charge < -0.3 is 14.5 Å². The first-order chi connectivity index (χ1) is 15.5. The number of rotatable bonds is 6. The minimum Gasteiger partial charge on any atom is -0.493 e. The first-order valence-corrected chi connectivity index (χ1v) is 10.7. The minimum absolute atomic E-state index is 0.191. The van der Waals surface area contributed by atoms with Gasteiger partial charge in [0, 0.05) is 27.4 Å². The van der Waals surface area contributed by atoms with E-state index in [1.54, 1.807) is 48.5 Å². The van der Waals surface area contributed by atoms with Gasteiger partial charge in [-0.25, -0.2) is 9.78 Å². The molecule has 0 aliphatic heterocycles. The third kappa shape index (κ3) is 4.95. The number of ether oxygens (including phenoxy) is 1. The van der Waals surface area contributed by atoms with Crippen molar-refractivity contribution in [2.24, 2.45) is 0 Å². The number of hydrogen-bond donors (Lipinski definition) is 1. The molecule has 0 aliphatic rings. The molecule has 3 aromatic carbocycles. The van der Waals surface area contributed by atoms with E-state index in [1.165, 1.54) is 6.08 Å². The average molecular weight is 491 g/mol. The fraction of sp³-hybridized carbons (Fsp3) is 0.0800. The van der Waals surface area contributed by atoms with Crippen LogP contribution in [0.3, 0.4) is 0 Å². The maximum atomic E-state index is 12.5. The summed E-state index contributed by atoms with van der Waals surface area (Å²) in [5.41, 5.74) is 2.01. The molecule has 0 saturated heterocycles. The topological polar surface area (TPSA) is 81.4 Å². The number of nitrogens with zero attached hydrogens (tertiary/aromatic N) is 1. The van der Waals surface area contributed by atoms with Crippen molar-refractivity contribution in [3.63, 3.8) is 0 Å². The summed E-state index contributed by atoms with van der Waals surface area (Å²) in [6.45, 7) is 2.43. The zero-order valence-electron chi connectivity index (χ0n) is 17.2. The zero-order chi connectivity index (χ0) is 22.5. The molecule has 0 fully saturated rings. The fourth-order valence-electron chi connectivity index (χ4n) is 3.16. The van der Waals surface area contributed by atoms with E-state index in [4.69, 9.17) is 9.15 Å². The SMILES string of the molecule is CCOc1ccc(Br)cc1/C=C/C(=O)Nc1cccc(-c2nc3ccccc3c(=O)o2)c1. The molecule has 0 radical (unpaired) electrons. The van der Waals surface area contributed by atoms with E-state index >= 15 is 0 Å². The molecule has 4 rings (SSSR count). The quantitative estimate of drug-likeness (QED) is 0.352. The van der Waals surface area contributed by atoms with Gasteiger partial charge in [0.05, 0.1) is 17.5 Å². The lowest BCUT2D eigenvalue weighted by atomic mass is 10.1. The van der Waals surface area contributed by atoms with Crippen LogP contribution in [-0.2, 0) is 4.79 Å². The van der Waals surface area contributed by atoms with E-state index in [1.807, 2.05) is 31.2 Å². The molecule has 1 aromatic heterocycles. The number of fused-ring (bicyclic) bond motifs is 1. The molecule has 1 amide bonds. The monoisotopic (exact) mass is 490 g/mol. The van der Waals surface area contributed by atoms with Crippen LogP contribution in [0, 0.1) is 0 Å². The lowest BCUT2D eigenvalue weighted by Gasteiger charge is -2.08. The Balaban J connectivity index is 1.55. The van der Waals surface area contributed by atoms with Crippen molar-refractivity contribution in [3.8, 4) is 17.2 Å². The number of amides is 1. The molecule has 0 bridgehead atoms. The summed E-state index contributed by atoms with van der Waals surface area (Å²) in [7, 11) is 0. The third-order valence-electron chi connectivity index (χ3n) is 4.60. The van der Waals surface area contributed by atoms with Gasteiger partial charge in [-0.2, -0.15) is 0 Å². The normalized spacial score (nSPS) is 11.1. The number of nitrogens with one attached hydrogen (secondary N) is 1. The molecule has 4 aromatic rings. The summed E-state index contributed by atoms with van der Waals surface area (Å²) in [6.07, 6.45) is 3.13. The smallest absolute Gasteiger partial charge is 0.347 e. The van der Waals surface area contributed by atoms with Crippen LogP contribution >= 0.6 is 15.9 Å². The first kappa shape index (κ1) is 21.5. The molecule has 6 nitrogen and oxygen atoms in total. The summed E-state index contributed by atoms with van der Waals surface area (Å²) < 4.78 is 11.9. The number of halogens is 1. The second-order valence-electron chi connectivity index (χ2n) is 6.84. The van der Waals surface area contributed by atoms with Crippen LogP contribution in [0.4, 0.5) is 5.69 Å². The highest BCUT2D eigenvalue weighted by atomic mass is 79.9. The van der Waals surface area contributed by atoms with E-state index in [2.05, 4.69) is 26.2 Å². The van der Waals surface area contributed by atoms with Crippen molar-refractivity contribution in [2.75, 3.05) is 11.9 Å². The largest absolute Gasteiger partial charge is 0.493 e. The van der Waals surface area contributed by atoms with Gasteiger partial charge in [0.25, 0.3) is 0 Å². The van der Waals surface area contributed by atoms with Gasteiger partial charge in [-0.05, 0) is 61.5 Å². The molecule has 0 unspecified atom stereocenters. The van der Waals surface area contributed by atoms with Crippen LogP contribution in [0.1, 0.15) is 12.5 Å². The van der Waals surface area contributed by atoms with Crippen LogP contribution in [0.5, 0.6) is 5.75 Å². The van der Waals surface area contributed by atoms with Gasteiger partial charge in [-0.1, -0.05) is 34.1 Å². The second-order valence-corrected chi connectivity index (χ2v) is 7.76. The molecule has 7 heteroatoms. The van der Waals surface area contributed by atoms with Crippen LogP contribution in [0.25, 0.3) is 28.4 Å². The average Bonchev–Trinajstić information content (AvgIpc) is 2.79. The Hall–Kier alpha value is -3.71. The highest BCUT2D eigenvalue weighted by molar-refractivity contribution is 9.10. The van der Waals surface area contributed by atoms with Crippen molar-refractivity contribution in [1.29, 1.82) is 0 Å². The molecule has 160 valence electrons. The number of benzene rings is 3. The fourth-order valence-corrected chi connectivity index (χ4v) is 3.54. The number of anilines is 1. The van der Waals surface area contributed by atoms with Gasteiger partial charge in [0.15, 0.2) is 0 Å². The lowest BCUT2D eigenvalue weighted by molar-refractivity contribution is -0.111. The molecule has 0 spiro atoms. The zero-order valence-corrected chi connectivity index (χ0v) is 18.8. The van der Waals surface area contributed by atoms with E-state index in [0.29, 0.717) is 34.5 Å². The van der Waals surface area contributed by atoms with Gasteiger partial charge >= 0.3 is 5.63 Å². The van der Waals surface area contributed by atoms with E-state index < -0.39 is 5.63 Å². The summed E-state index contributed by atoms with van der Waals surface area (Å²) >= 11 is 3.43. The Morgan fingerprint density at radius 1 is 1.12 bits per heavy atom. The summed E-state index contributed by atoms with van der Waals surface area (Å²) in [5, 5.41) is 3.24. The van der Waals surface area contributed by atoms with Crippen molar-refractivity contribution in [2.45, 2.75) is 6.92 Å². The second kappa shape index (κ2) is 9.62. The van der Waals surface area contributed by atoms with E-state index in [0.717, 1.165) is 10.0 Å². The number of carbonyl (C=O) groups excluding carboxylic acids is 1. The molecule has 1 heterocycles. The van der Waals surface area contributed by atoms with E-state index in [-0.39, 0.29) is 11.8 Å². The Bertz CT molecular complexity index is 1380. The van der Waals surface area contributed by atoms with Crippen LogP contribution in [0.15, 0.2) is 86.5 Å². The van der Waals surface area contributed by atoms with Crippen molar-refractivity contribution in [1.82, 2.24) is 4.98 Å². The third-order valence-corrected chi connectivity index (χ3v) is 5.09.